The van der Waals surface area contributed by atoms with Crippen molar-refractivity contribution >= 4 is 0 Å². The van der Waals surface area contributed by atoms with Crippen LogP contribution >= 0.6 is 0 Å². The summed E-state index contributed by atoms with van der Waals surface area (Å²) >= 11 is 0. The third-order valence-corrected chi connectivity index (χ3v) is 4.11. The summed E-state index contributed by atoms with van der Waals surface area (Å²) < 4.78 is 0. The standard InChI is InChI=1S/C16H24O2/c1-14(2)10-15(3,17)11-16(4,18)13(14)12-8-6-5-7-9-12/h5-9,13,17-18H,10-11H2,1-4H3/t13-,15+,16-/m1/s1. The summed E-state index contributed by atoms with van der Waals surface area (Å²) in [4.78, 5) is 0. The van der Waals surface area contributed by atoms with Gasteiger partial charge in [-0.1, -0.05) is 44.2 Å². The van der Waals surface area contributed by atoms with Crippen LogP contribution in [0, 0.1) is 5.41 Å². The summed E-state index contributed by atoms with van der Waals surface area (Å²) in [6.45, 7) is 7.93. The van der Waals surface area contributed by atoms with E-state index in [4.69, 9.17) is 0 Å². The Balaban J connectivity index is 2.45. The highest BCUT2D eigenvalue weighted by Gasteiger charge is 2.53. The first-order valence-corrected chi connectivity index (χ1v) is 6.64. The van der Waals surface area contributed by atoms with Crippen molar-refractivity contribution in [3.05, 3.63) is 35.9 Å². The molecule has 0 saturated heterocycles. The molecule has 0 aromatic heterocycles. The molecule has 0 aliphatic heterocycles. The van der Waals surface area contributed by atoms with E-state index >= 15 is 0 Å². The van der Waals surface area contributed by atoms with E-state index in [0.29, 0.717) is 12.8 Å². The predicted octanol–water partition coefficient (Wildman–Crippen LogP) is 3.09. The number of hydrogen-bond acceptors (Lipinski definition) is 2. The summed E-state index contributed by atoms with van der Waals surface area (Å²) in [5.41, 5.74) is -0.652. The zero-order valence-corrected chi connectivity index (χ0v) is 11.8. The summed E-state index contributed by atoms with van der Waals surface area (Å²) in [6, 6.07) is 10.1. The van der Waals surface area contributed by atoms with Gasteiger partial charge in [-0.05, 0) is 31.2 Å². The zero-order chi connectivity index (χ0) is 13.6. The summed E-state index contributed by atoms with van der Waals surface area (Å²) in [5.74, 6) is 0.0476. The highest BCUT2D eigenvalue weighted by molar-refractivity contribution is 5.27. The molecule has 1 fully saturated rings. The second-order valence-electron chi connectivity index (χ2n) is 7.04. The largest absolute Gasteiger partial charge is 0.390 e. The fraction of sp³-hybridized carbons (Fsp3) is 0.625. The molecule has 0 spiro atoms. The minimum atomic E-state index is -0.882. The van der Waals surface area contributed by atoms with E-state index in [0.717, 1.165) is 5.56 Å². The lowest BCUT2D eigenvalue weighted by Gasteiger charge is -2.53. The van der Waals surface area contributed by atoms with Gasteiger partial charge in [0.05, 0.1) is 11.2 Å². The van der Waals surface area contributed by atoms with Crippen LogP contribution in [0.3, 0.4) is 0 Å². The fourth-order valence-corrected chi connectivity index (χ4v) is 4.32. The minimum absolute atomic E-state index is 0.0476. The van der Waals surface area contributed by atoms with Crippen LogP contribution in [-0.2, 0) is 0 Å². The number of aliphatic hydroxyl groups is 2. The number of rotatable bonds is 1. The SMILES string of the molecule is CC1(C)C[C@](C)(O)C[C@@](C)(O)[C@@H]1c1ccccc1. The Bertz CT molecular complexity index is 398. The van der Waals surface area contributed by atoms with E-state index in [1.165, 1.54) is 0 Å². The van der Waals surface area contributed by atoms with E-state index in [2.05, 4.69) is 26.0 Å². The van der Waals surface area contributed by atoms with Crippen molar-refractivity contribution < 1.29 is 10.2 Å². The van der Waals surface area contributed by atoms with Crippen LogP contribution in [0.4, 0.5) is 0 Å². The van der Waals surface area contributed by atoms with Crippen molar-refractivity contribution in [2.75, 3.05) is 0 Å². The van der Waals surface area contributed by atoms with Crippen molar-refractivity contribution in [3.63, 3.8) is 0 Å². The van der Waals surface area contributed by atoms with Gasteiger partial charge in [-0.15, -0.1) is 0 Å². The Kier molecular flexibility index (Phi) is 3.07. The molecule has 18 heavy (non-hydrogen) atoms. The van der Waals surface area contributed by atoms with Gasteiger partial charge in [-0.2, -0.15) is 0 Å². The van der Waals surface area contributed by atoms with Crippen molar-refractivity contribution in [1.29, 1.82) is 0 Å². The molecule has 3 atom stereocenters. The molecule has 100 valence electrons. The van der Waals surface area contributed by atoms with E-state index < -0.39 is 11.2 Å². The highest BCUT2D eigenvalue weighted by Crippen LogP contribution is 2.54. The number of hydrogen-bond donors (Lipinski definition) is 2. The monoisotopic (exact) mass is 248 g/mol. The summed E-state index contributed by atoms with van der Waals surface area (Å²) in [7, 11) is 0. The van der Waals surface area contributed by atoms with Crippen LogP contribution in [0.1, 0.15) is 52.0 Å². The van der Waals surface area contributed by atoms with Crippen LogP contribution in [0.2, 0.25) is 0 Å². The van der Waals surface area contributed by atoms with Gasteiger partial charge in [0.25, 0.3) is 0 Å². The first-order valence-electron chi connectivity index (χ1n) is 6.64. The van der Waals surface area contributed by atoms with Crippen molar-refractivity contribution in [3.8, 4) is 0 Å². The maximum absolute atomic E-state index is 10.8. The molecule has 0 unspecified atom stereocenters. The number of benzene rings is 1. The van der Waals surface area contributed by atoms with Gasteiger partial charge in [-0.25, -0.2) is 0 Å². The lowest BCUT2D eigenvalue weighted by Crippen LogP contribution is -2.54. The van der Waals surface area contributed by atoms with Crippen molar-refractivity contribution in [1.82, 2.24) is 0 Å². The van der Waals surface area contributed by atoms with Gasteiger partial charge in [0.2, 0.25) is 0 Å². The van der Waals surface area contributed by atoms with Crippen molar-refractivity contribution in [2.45, 2.75) is 57.7 Å². The molecule has 0 radical (unpaired) electrons. The highest BCUT2D eigenvalue weighted by atomic mass is 16.3. The molecule has 1 aliphatic rings. The molecule has 2 nitrogen and oxygen atoms in total. The Hall–Kier alpha value is -0.860. The fourth-order valence-electron chi connectivity index (χ4n) is 4.32. The Morgan fingerprint density at radius 1 is 0.944 bits per heavy atom. The smallest absolute Gasteiger partial charge is 0.0720 e. The molecule has 0 heterocycles. The quantitative estimate of drug-likeness (QED) is 0.801. The molecule has 0 bridgehead atoms. The molecule has 2 rings (SSSR count). The third kappa shape index (κ3) is 2.45. The van der Waals surface area contributed by atoms with Crippen LogP contribution in [0.5, 0.6) is 0 Å². The maximum Gasteiger partial charge on any atom is 0.0720 e. The Morgan fingerprint density at radius 3 is 2.00 bits per heavy atom. The Morgan fingerprint density at radius 2 is 1.50 bits per heavy atom. The van der Waals surface area contributed by atoms with Gasteiger partial charge in [0.1, 0.15) is 0 Å². The second kappa shape index (κ2) is 4.07. The summed E-state index contributed by atoms with van der Waals surface area (Å²) in [6.07, 6.45) is 1.12. The normalized spacial score (nSPS) is 39.6. The minimum Gasteiger partial charge on any atom is -0.390 e. The lowest BCUT2D eigenvalue weighted by atomic mass is 9.55. The maximum atomic E-state index is 10.8. The lowest BCUT2D eigenvalue weighted by molar-refractivity contribution is -0.139. The van der Waals surface area contributed by atoms with Gasteiger partial charge in [0.15, 0.2) is 0 Å². The first-order chi connectivity index (χ1) is 8.14. The van der Waals surface area contributed by atoms with E-state index in [1.807, 2.05) is 32.0 Å². The first kappa shape index (κ1) is 13.6. The van der Waals surface area contributed by atoms with Gasteiger partial charge in [-0.3, -0.25) is 0 Å². The van der Waals surface area contributed by atoms with Crippen LogP contribution < -0.4 is 0 Å². The van der Waals surface area contributed by atoms with Crippen LogP contribution in [0.25, 0.3) is 0 Å². The van der Waals surface area contributed by atoms with Gasteiger partial charge < -0.3 is 10.2 Å². The molecule has 1 saturated carbocycles. The van der Waals surface area contributed by atoms with Crippen LogP contribution in [0.15, 0.2) is 30.3 Å². The van der Waals surface area contributed by atoms with Gasteiger partial charge >= 0.3 is 0 Å². The van der Waals surface area contributed by atoms with Gasteiger partial charge in [0, 0.05) is 12.3 Å². The molecule has 1 aromatic rings. The zero-order valence-electron chi connectivity index (χ0n) is 11.8. The van der Waals surface area contributed by atoms with E-state index in [9.17, 15) is 10.2 Å². The third-order valence-electron chi connectivity index (χ3n) is 4.11. The average molecular weight is 248 g/mol. The topological polar surface area (TPSA) is 40.5 Å². The van der Waals surface area contributed by atoms with E-state index in [1.54, 1.807) is 0 Å². The molecular formula is C16H24O2. The molecule has 1 aromatic carbocycles. The van der Waals surface area contributed by atoms with Crippen molar-refractivity contribution in [2.24, 2.45) is 5.41 Å². The second-order valence-corrected chi connectivity index (χ2v) is 7.04. The molecule has 1 aliphatic carbocycles. The molecule has 2 N–H and O–H groups in total. The molecule has 2 heteroatoms. The van der Waals surface area contributed by atoms with Crippen LogP contribution in [-0.4, -0.2) is 21.4 Å². The van der Waals surface area contributed by atoms with E-state index in [-0.39, 0.29) is 11.3 Å². The molecular weight excluding hydrogens is 224 g/mol. The predicted molar refractivity (Wildman–Crippen MR) is 73.4 cm³/mol. The average Bonchev–Trinajstić information content (AvgIpc) is 2.12. The summed E-state index contributed by atoms with van der Waals surface area (Å²) in [5, 5.41) is 21.1. The Labute approximate surface area is 110 Å². The molecule has 0 amide bonds.